The van der Waals surface area contributed by atoms with E-state index in [1.807, 2.05) is 6.92 Å². The van der Waals surface area contributed by atoms with Gasteiger partial charge in [-0.3, -0.25) is 0 Å². The van der Waals surface area contributed by atoms with Crippen LogP contribution in [0.1, 0.15) is 44.2 Å². The van der Waals surface area contributed by atoms with E-state index in [1.165, 1.54) is 37.8 Å². The highest BCUT2D eigenvalue weighted by Gasteiger charge is 2.41. The molecule has 0 spiro atoms. The van der Waals surface area contributed by atoms with Crippen molar-refractivity contribution < 1.29 is 9.50 Å². The minimum atomic E-state index is -0.385. The van der Waals surface area contributed by atoms with Crippen molar-refractivity contribution in [3.63, 3.8) is 0 Å². The standard InChI is InChI=1S/C15H20FNO/c1-9(13-7-6-12(16)8-14(13)18)17-15(10-2-3-10)11-4-5-11/h6-11,15,17-18H,2-5H2,1H3. The predicted molar refractivity (Wildman–Crippen MR) is 68.9 cm³/mol. The van der Waals surface area contributed by atoms with Crippen molar-refractivity contribution in [2.24, 2.45) is 11.8 Å². The molecular formula is C15H20FNO. The second kappa shape index (κ2) is 4.54. The minimum Gasteiger partial charge on any atom is -0.508 e. The number of phenols is 1. The summed E-state index contributed by atoms with van der Waals surface area (Å²) in [5.74, 6) is 1.31. The van der Waals surface area contributed by atoms with Crippen LogP contribution in [-0.4, -0.2) is 11.1 Å². The first-order chi connectivity index (χ1) is 8.65. The summed E-state index contributed by atoms with van der Waals surface area (Å²) in [4.78, 5) is 0. The van der Waals surface area contributed by atoms with Crippen LogP contribution in [0.25, 0.3) is 0 Å². The number of nitrogens with one attached hydrogen (secondary N) is 1. The number of halogens is 1. The van der Waals surface area contributed by atoms with Gasteiger partial charge in [-0.2, -0.15) is 0 Å². The first kappa shape index (κ1) is 12.0. The van der Waals surface area contributed by atoms with Gasteiger partial charge in [-0.1, -0.05) is 6.07 Å². The molecule has 3 rings (SSSR count). The highest BCUT2D eigenvalue weighted by molar-refractivity contribution is 5.35. The van der Waals surface area contributed by atoms with Gasteiger partial charge < -0.3 is 10.4 Å². The maximum atomic E-state index is 13.0. The molecule has 0 radical (unpaired) electrons. The van der Waals surface area contributed by atoms with E-state index < -0.39 is 0 Å². The Morgan fingerprint density at radius 3 is 2.33 bits per heavy atom. The van der Waals surface area contributed by atoms with Crippen LogP contribution in [0, 0.1) is 17.7 Å². The highest BCUT2D eigenvalue weighted by atomic mass is 19.1. The van der Waals surface area contributed by atoms with Crippen LogP contribution in [0.4, 0.5) is 4.39 Å². The van der Waals surface area contributed by atoms with Gasteiger partial charge in [0.15, 0.2) is 0 Å². The van der Waals surface area contributed by atoms with Crippen molar-refractivity contribution in [2.75, 3.05) is 0 Å². The summed E-state index contributed by atoms with van der Waals surface area (Å²) in [7, 11) is 0. The summed E-state index contributed by atoms with van der Waals surface area (Å²) in [5.41, 5.74) is 0.794. The van der Waals surface area contributed by atoms with Crippen LogP contribution in [0.2, 0.25) is 0 Å². The third-order valence-electron chi connectivity index (χ3n) is 4.16. The fraction of sp³-hybridized carbons (Fsp3) is 0.600. The zero-order valence-electron chi connectivity index (χ0n) is 10.7. The Balaban J connectivity index is 1.70. The smallest absolute Gasteiger partial charge is 0.126 e. The molecule has 2 N–H and O–H groups in total. The van der Waals surface area contributed by atoms with E-state index in [0.29, 0.717) is 6.04 Å². The average Bonchev–Trinajstić information content (AvgIpc) is 3.17. The van der Waals surface area contributed by atoms with E-state index in [4.69, 9.17) is 0 Å². The molecule has 1 atom stereocenters. The van der Waals surface area contributed by atoms with E-state index >= 15 is 0 Å². The van der Waals surface area contributed by atoms with Gasteiger partial charge in [-0.05, 0) is 50.5 Å². The van der Waals surface area contributed by atoms with Gasteiger partial charge in [-0.15, -0.1) is 0 Å². The zero-order valence-corrected chi connectivity index (χ0v) is 10.7. The van der Waals surface area contributed by atoms with Crippen LogP contribution in [0.5, 0.6) is 5.75 Å². The van der Waals surface area contributed by atoms with Crippen LogP contribution in [0.15, 0.2) is 18.2 Å². The van der Waals surface area contributed by atoms with Gasteiger partial charge >= 0.3 is 0 Å². The number of phenolic OH excluding ortho intramolecular Hbond substituents is 1. The molecule has 2 aliphatic rings. The fourth-order valence-corrected chi connectivity index (χ4v) is 2.83. The molecule has 2 saturated carbocycles. The van der Waals surface area contributed by atoms with Crippen molar-refractivity contribution in [1.82, 2.24) is 5.32 Å². The Labute approximate surface area is 107 Å². The third kappa shape index (κ3) is 2.51. The maximum absolute atomic E-state index is 13.0. The largest absolute Gasteiger partial charge is 0.508 e. The molecule has 1 aromatic rings. The van der Waals surface area contributed by atoms with Crippen LogP contribution >= 0.6 is 0 Å². The summed E-state index contributed by atoms with van der Waals surface area (Å²) < 4.78 is 13.0. The van der Waals surface area contributed by atoms with Crippen molar-refractivity contribution in [3.8, 4) is 5.75 Å². The first-order valence-corrected chi connectivity index (χ1v) is 6.89. The number of benzene rings is 1. The lowest BCUT2D eigenvalue weighted by molar-refractivity contribution is 0.368. The summed E-state index contributed by atoms with van der Waals surface area (Å²) in [6, 6.07) is 4.95. The molecule has 2 aliphatic carbocycles. The van der Waals surface area contributed by atoms with Gasteiger partial charge in [0.05, 0.1) is 0 Å². The number of hydrogen-bond acceptors (Lipinski definition) is 2. The second-order valence-electron chi connectivity index (χ2n) is 5.79. The van der Waals surface area contributed by atoms with E-state index in [2.05, 4.69) is 5.32 Å². The minimum absolute atomic E-state index is 0.0559. The monoisotopic (exact) mass is 249 g/mol. The molecule has 0 aliphatic heterocycles. The highest BCUT2D eigenvalue weighted by Crippen LogP contribution is 2.45. The molecule has 0 amide bonds. The first-order valence-electron chi connectivity index (χ1n) is 6.89. The average molecular weight is 249 g/mol. The quantitative estimate of drug-likeness (QED) is 0.838. The summed E-state index contributed by atoms with van der Waals surface area (Å²) >= 11 is 0. The van der Waals surface area contributed by atoms with E-state index in [-0.39, 0.29) is 17.6 Å². The topological polar surface area (TPSA) is 32.3 Å². The maximum Gasteiger partial charge on any atom is 0.126 e. The number of aromatic hydroxyl groups is 1. The Morgan fingerprint density at radius 2 is 1.83 bits per heavy atom. The molecule has 1 aromatic carbocycles. The Hall–Kier alpha value is -1.09. The second-order valence-corrected chi connectivity index (χ2v) is 5.79. The Bertz CT molecular complexity index is 428. The van der Waals surface area contributed by atoms with Crippen molar-refractivity contribution in [3.05, 3.63) is 29.6 Å². The van der Waals surface area contributed by atoms with E-state index in [1.54, 1.807) is 6.07 Å². The van der Waals surface area contributed by atoms with Crippen molar-refractivity contribution in [1.29, 1.82) is 0 Å². The van der Waals surface area contributed by atoms with Crippen LogP contribution in [-0.2, 0) is 0 Å². The van der Waals surface area contributed by atoms with Gasteiger partial charge in [0, 0.05) is 23.7 Å². The zero-order chi connectivity index (χ0) is 12.7. The molecule has 2 nitrogen and oxygen atoms in total. The summed E-state index contributed by atoms with van der Waals surface area (Å²) in [6.07, 6.45) is 5.32. The third-order valence-corrected chi connectivity index (χ3v) is 4.16. The van der Waals surface area contributed by atoms with Crippen LogP contribution < -0.4 is 5.32 Å². The lowest BCUT2D eigenvalue weighted by Crippen LogP contribution is -2.35. The Morgan fingerprint density at radius 1 is 1.22 bits per heavy atom. The Kier molecular flexibility index (Phi) is 3.02. The van der Waals surface area contributed by atoms with Gasteiger partial charge in [-0.25, -0.2) is 4.39 Å². The number of rotatable bonds is 5. The molecule has 98 valence electrons. The van der Waals surface area contributed by atoms with Gasteiger partial charge in [0.25, 0.3) is 0 Å². The molecule has 2 fully saturated rings. The summed E-state index contributed by atoms with van der Waals surface area (Å²) in [5, 5.41) is 13.4. The fourth-order valence-electron chi connectivity index (χ4n) is 2.83. The van der Waals surface area contributed by atoms with E-state index in [9.17, 15) is 9.50 Å². The number of hydrogen-bond donors (Lipinski definition) is 2. The van der Waals surface area contributed by atoms with E-state index in [0.717, 1.165) is 17.4 Å². The molecule has 1 unspecified atom stereocenters. The molecule has 18 heavy (non-hydrogen) atoms. The molecular weight excluding hydrogens is 229 g/mol. The van der Waals surface area contributed by atoms with Crippen molar-refractivity contribution in [2.45, 2.75) is 44.7 Å². The SMILES string of the molecule is CC(NC(C1CC1)C1CC1)c1ccc(F)cc1O. The molecule has 0 bridgehead atoms. The lowest BCUT2D eigenvalue weighted by atomic mass is 10.0. The molecule has 0 saturated heterocycles. The normalized spacial score (nSPS) is 21.3. The van der Waals surface area contributed by atoms with Crippen molar-refractivity contribution >= 4 is 0 Å². The summed E-state index contributed by atoms with van der Waals surface area (Å²) in [6.45, 7) is 2.05. The van der Waals surface area contributed by atoms with Gasteiger partial charge in [0.1, 0.15) is 11.6 Å². The predicted octanol–water partition coefficient (Wildman–Crippen LogP) is 3.37. The molecule has 0 aromatic heterocycles. The van der Waals surface area contributed by atoms with Crippen LogP contribution in [0.3, 0.4) is 0 Å². The lowest BCUT2D eigenvalue weighted by Gasteiger charge is -2.24. The molecule has 0 heterocycles. The molecule has 3 heteroatoms. The van der Waals surface area contributed by atoms with Gasteiger partial charge in [0.2, 0.25) is 0 Å².